The van der Waals surface area contributed by atoms with E-state index >= 15 is 0 Å². The van der Waals surface area contributed by atoms with Crippen LogP contribution in [0.15, 0.2) is 0 Å². The molecule has 21 heavy (non-hydrogen) atoms. The Hall–Kier alpha value is -0.170. The van der Waals surface area contributed by atoms with Gasteiger partial charge in [0, 0.05) is 32.1 Å². The fourth-order valence-electron chi connectivity index (χ4n) is 3.22. The fourth-order valence-corrected chi connectivity index (χ4v) is 3.22. The Morgan fingerprint density at radius 1 is 1.14 bits per heavy atom. The van der Waals surface area contributed by atoms with Crippen molar-refractivity contribution < 1.29 is 13.6 Å². The second kappa shape index (κ2) is 9.77. The van der Waals surface area contributed by atoms with Crippen LogP contribution in [0.2, 0.25) is 0 Å². The first-order valence-corrected chi connectivity index (χ1v) is 7.11. The zero-order valence-electron chi connectivity index (χ0n) is 12.0. The van der Waals surface area contributed by atoms with E-state index in [1.165, 1.54) is 0 Å². The van der Waals surface area contributed by atoms with Crippen LogP contribution in [0.1, 0.15) is 19.3 Å². The monoisotopic (exact) mass is 347 g/mol. The molecule has 1 aliphatic carbocycles. The van der Waals surface area contributed by atoms with Crippen molar-refractivity contribution in [2.45, 2.75) is 25.7 Å². The van der Waals surface area contributed by atoms with Gasteiger partial charge in [-0.3, -0.25) is 9.69 Å². The number of alkyl halides is 2. The molecule has 0 aromatic carbocycles. The molecule has 2 rings (SSSR count). The lowest BCUT2D eigenvalue weighted by atomic mass is 9.94. The van der Waals surface area contributed by atoms with Crippen LogP contribution in [0, 0.1) is 11.8 Å². The third-order valence-electron chi connectivity index (χ3n) is 4.36. The lowest BCUT2D eigenvalue weighted by Gasteiger charge is -2.36. The highest BCUT2D eigenvalue weighted by Gasteiger charge is 2.35. The summed E-state index contributed by atoms with van der Waals surface area (Å²) in [6.07, 6.45) is 0.749. The van der Waals surface area contributed by atoms with E-state index < -0.39 is 6.43 Å². The second-order valence-corrected chi connectivity index (χ2v) is 5.55. The number of halogens is 4. The quantitative estimate of drug-likeness (QED) is 0.840. The molecular weight excluding hydrogens is 323 g/mol. The molecule has 0 bridgehead atoms. The summed E-state index contributed by atoms with van der Waals surface area (Å²) >= 11 is 0. The molecule has 2 atom stereocenters. The third kappa shape index (κ3) is 5.51. The minimum absolute atomic E-state index is 0. The number of piperazine rings is 1. The summed E-state index contributed by atoms with van der Waals surface area (Å²) in [5, 5.41) is 0. The lowest BCUT2D eigenvalue weighted by molar-refractivity contribution is -0.138. The van der Waals surface area contributed by atoms with Gasteiger partial charge in [0.2, 0.25) is 5.91 Å². The first kappa shape index (κ1) is 20.8. The molecule has 8 heteroatoms. The molecule has 2 fully saturated rings. The van der Waals surface area contributed by atoms with Gasteiger partial charge < -0.3 is 10.6 Å². The molecule has 0 aromatic heterocycles. The zero-order valence-corrected chi connectivity index (χ0v) is 13.7. The summed E-state index contributed by atoms with van der Waals surface area (Å²) in [6, 6.07) is 0. The number of hydrogen-bond donors (Lipinski definition) is 1. The van der Waals surface area contributed by atoms with Gasteiger partial charge >= 0.3 is 0 Å². The van der Waals surface area contributed by atoms with Crippen molar-refractivity contribution in [3.05, 3.63) is 0 Å². The summed E-state index contributed by atoms with van der Waals surface area (Å²) in [6.45, 7) is 2.63. The Labute approximate surface area is 137 Å². The van der Waals surface area contributed by atoms with Crippen molar-refractivity contribution >= 4 is 30.7 Å². The lowest BCUT2D eigenvalue weighted by Crippen LogP contribution is -2.51. The van der Waals surface area contributed by atoms with E-state index in [0.29, 0.717) is 38.6 Å². The van der Waals surface area contributed by atoms with Crippen molar-refractivity contribution in [2.75, 3.05) is 39.3 Å². The van der Waals surface area contributed by atoms with Crippen LogP contribution in [0.5, 0.6) is 0 Å². The Morgan fingerprint density at radius 2 is 1.76 bits per heavy atom. The SMILES string of the molecule is Cl.Cl.NC[C@H]1CCC[C@H]1C(=O)N1CCN(CC(F)F)CC1. The van der Waals surface area contributed by atoms with Gasteiger partial charge in [-0.2, -0.15) is 0 Å². The highest BCUT2D eigenvalue weighted by Crippen LogP contribution is 2.32. The molecule has 2 N–H and O–H groups in total. The van der Waals surface area contributed by atoms with E-state index in [1.807, 2.05) is 4.90 Å². The Morgan fingerprint density at radius 3 is 2.29 bits per heavy atom. The van der Waals surface area contributed by atoms with Gasteiger partial charge in [0.05, 0.1) is 6.54 Å². The molecule has 1 saturated carbocycles. The van der Waals surface area contributed by atoms with E-state index in [1.54, 1.807) is 4.90 Å². The average molecular weight is 348 g/mol. The Kier molecular flexibility index (Phi) is 9.69. The maximum absolute atomic E-state index is 12.4. The average Bonchev–Trinajstić information content (AvgIpc) is 2.86. The second-order valence-electron chi connectivity index (χ2n) is 5.55. The van der Waals surface area contributed by atoms with E-state index in [0.717, 1.165) is 19.3 Å². The van der Waals surface area contributed by atoms with Gasteiger partial charge in [-0.1, -0.05) is 6.42 Å². The number of amides is 1. The number of hydrogen-bond acceptors (Lipinski definition) is 3. The third-order valence-corrected chi connectivity index (χ3v) is 4.36. The molecule has 1 aliphatic heterocycles. The van der Waals surface area contributed by atoms with E-state index in [2.05, 4.69) is 0 Å². The molecule has 2 aliphatic rings. The summed E-state index contributed by atoms with van der Waals surface area (Å²) in [4.78, 5) is 16.0. The van der Waals surface area contributed by atoms with Crippen LogP contribution in [-0.4, -0.2) is 61.4 Å². The fraction of sp³-hybridized carbons (Fsp3) is 0.923. The minimum atomic E-state index is -2.29. The van der Waals surface area contributed by atoms with Crippen molar-refractivity contribution in [1.29, 1.82) is 0 Å². The Bertz CT molecular complexity index is 316. The molecule has 0 radical (unpaired) electrons. The van der Waals surface area contributed by atoms with Gasteiger partial charge in [0.1, 0.15) is 0 Å². The largest absolute Gasteiger partial charge is 0.340 e. The summed E-state index contributed by atoms with van der Waals surface area (Å²) in [7, 11) is 0. The number of rotatable bonds is 4. The zero-order chi connectivity index (χ0) is 13.8. The van der Waals surface area contributed by atoms with Crippen molar-refractivity contribution in [2.24, 2.45) is 17.6 Å². The van der Waals surface area contributed by atoms with Crippen LogP contribution in [-0.2, 0) is 4.79 Å². The highest BCUT2D eigenvalue weighted by atomic mass is 35.5. The topological polar surface area (TPSA) is 49.6 Å². The molecule has 1 saturated heterocycles. The van der Waals surface area contributed by atoms with Gasteiger partial charge in [0.25, 0.3) is 6.43 Å². The minimum Gasteiger partial charge on any atom is -0.340 e. The number of nitrogens with zero attached hydrogens (tertiary/aromatic N) is 2. The van der Waals surface area contributed by atoms with E-state index in [4.69, 9.17) is 5.73 Å². The molecule has 0 spiro atoms. The summed E-state index contributed by atoms with van der Waals surface area (Å²) in [5.41, 5.74) is 5.71. The normalized spacial score (nSPS) is 26.4. The van der Waals surface area contributed by atoms with Crippen LogP contribution < -0.4 is 5.73 Å². The highest BCUT2D eigenvalue weighted by molar-refractivity contribution is 5.85. The van der Waals surface area contributed by atoms with Crippen molar-refractivity contribution in [3.8, 4) is 0 Å². The smallest absolute Gasteiger partial charge is 0.251 e. The predicted octanol–water partition coefficient (Wildman–Crippen LogP) is 1.61. The number of carbonyl (C=O) groups is 1. The first-order valence-electron chi connectivity index (χ1n) is 7.11. The van der Waals surface area contributed by atoms with Crippen LogP contribution in [0.3, 0.4) is 0 Å². The molecule has 0 unspecified atom stereocenters. The van der Waals surface area contributed by atoms with Crippen LogP contribution in [0.25, 0.3) is 0 Å². The molecule has 4 nitrogen and oxygen atoms in total. The van der Waals surface area contributed by atoms with E-state index in [-0.39, 0.29) is 43.2 Å². The standard InChI is InChI=1S/C13H23F2N3O.2ClH/c14-12(15)9-17-4-6-18(7-5-17)13(19)11-3-1-2-10(11)8-16;;/h10-12H,1-9,16H2;2*1H/t10-,11-;;/m1../s1. The molecule has 126 valence electrons. The molecule has 1 heterocycles. The summed E-state index contributed by atoms with van der Waals surface area (Å²) in [5.74, 6) is 0.558. The molecule has 0 aromatic rings. The van der Waals surface area contributed by atoms with Crippen molar-refractivity contribution in [3.63, 3.8) is 0 Å². The van der Waals surface area contributed by atoms with Gasteiger partial charge in [0.15, 0.2) is 0 Å². The van der Waals surface area contributed by atoms with Crippen LogP contribution in [0.4, 0.5) is 8.78 Å². The Balaban J connectivity index is 0.00000200. The summed E-state index contributed by atoms with van der Waals surface area (Å²) < 4.78 is 24.6. The number of carbonyl (C=O) groups excluding carboxylic acids is 1. The first-order chi connectivity index (χ1) is 9.11. The van der Waals surface area contributed by atoms with Gasteiger partial charge in [-0.05, 0) is 25.3 Å². The maximum Gasteiger partial charge on any atom is 0.251 e. The van der Waals surface area contributed by atoms with Gasteiger partial charge in [-0.25, -0.2) is 8.78 Å². The maximum atomic E-state index is 12.4. The van der Waals surface area contributed by atoms with E-state index in [9.17, 15) is 13.6 Å². The predicted molar refractivity (Wildman–Crippen MR) is 83.4 cm³/mol. The number of nitrogens with two attached hydrogens (primary N) is 1. The van der Waals surface area contributed by atoms with Crippen LogP contribution >= 0.6 is 24.8 Å². The van der Waals surface area contributed by atoms with Gasteiger partial charge in [-0.15, -0.1) is 24.8 Å². The van der Waals surface area contributed by atoms with Crippen molar-refractivity contribution in [1.82, 2.24) is 9.80 Å². The molecular formula is C13H25Cl2F2N3O. The molecule has 1 amide bonds.